The maximum atomic E-state index is 11.4. The number of aryl methyl sites for hydroxylation is 1. The molecule has 2 atom stereocenters. The number of carbonyl (C=O) groups excluding carboxylic acids is 1. The van der Waals surface area contributed by atoms with Gasteiger partial charge in [-0.05, 0) is 12.8 Å². The molecule has 0 bridgehead atoms. The maximum Gasteiger partial charge on any atom is 0.219 e. The molecule has 0 radical (unpaired) electrons. The van der Waals surface area contributed by atoms with Crippen LogP contribution in [0.3, 0.4) is 0 Å². The van der Waals surface area contributed by atoms with Crippen molar-refractivity contribution in [3.05, 3.63) is 17.5 Å². The predicted molar refractivity (Wildman–Crippen MR) is 83.3 cm³/mol. The van der Waals surface area contributed by atoms with Gasteiger partial charge in [0.05, 0.1) is 5.69 Å². The van der Waals surface area contributed by atoms with Gasteiger partial charge >= 0.3 is 0 Å². The summed E-state index contributed by atoms with van der Waals surface area (Å²) in [4.78, 5) is 18.4. The number of nitrogens with zero attached hydrogens (tertiary/aromatic N) is 4. The van der Waals surface area contributed by atoms with Crippen molar-refractivity contribution in [1.82, 2.24) is 19.9 Å². The first-order valence-electron chi connectivity index (χ1n) is 8.17. The monoisotopic (exact) mass is 306 g/mol. The van der Waals surface area contributed by atoms with E-state index in [2.05, 4.69) is 21.9 Å². The molecule has 0 aliphatic carbocycles. The number of hydrogen-bond donors (Lipinski definition) is 0. The van der Waals surface area contributed by atoms with Crippen LogP contribution in [0.25, 0.3) is 0 Å². The third-order valence-corrected chi connectivity index (χ3v) is 4.94. The van der Waals surface area contributed by atoms with E-state index in [0.717, 1.165) is 57.3 Å². The second kappa shape index (κ2) is 6.38. The Morgan fingerprint density at radius 1 is 1.32 bits per heavy atom. The topological polar surface area (TPSA) is 52.8 Å². The maximum absolute atomic E-state index is 11.4. The van der Waals surface area contributed by atoms with Crippen LogP contribution in [0.15, 0.2) is 10.6 Å². The number of aromatic nitrogens is 1. The second-order valence-corrected chi connectivity index (χ2v) is 6.71. The first kappa shape index (κ1) is 15.5. The van der Waals surface area contributed by atoms with E-state index in [9.17, 15) is 4.79 Å². The molecule has 1 aromatic heterocycles. The minimum absolute atomic E-state index is 0.196. The molecule has 6 nitrogen and oxygen atoms in total. The molecule has 0 spiro atoms. The van der Waals surface area contributed by atoms with Crippen LogP contribution in [0.1, 0.15) is 25.3 Å². The van der Waals surface area contributed by atoms with Crippen LogP contribution in [-0.2, 0) is 11.3 Å². The van der Waals surface area contributed by atoms with Gasteiger partial charge in [-0.2, -0.15) is 0 Å². The smallest absolute Gasteiger partial charge is 0.219 e. The highest BCUT2D eigenvalue weighted by atomic mass is 16.5. The van der Waals surface area contributed by atoms with Crippen molar-refractivity contribution in [2.75, 3.05) is 39.3 Å². The first-order chi connectivity index (χ1) is 10.5. The Hall–Kier alpha value is -1.40. The molecule has 122 valence electrons. The summed E-state index contributed by atoms with van der Waals surface area (Å²) in [5, 5.41) is 4.10. The Morgan fingerprint density at radius 2 is 2.05 bits per heavy atom. The highest BCUT2D eigenvalue weighted by molar-refractivity contribution is 5.73. The fraction of sp³-hybridized carbons (Fsp3) is 0.750. The van der Waals surface area contributed by atoms with E-state index >= 15 is 0 Å². The summed E-state index contributed by atoms with van der Waals surface area (Å²) >= 11 is 0. The van der Waals surface area contributed by atoms with Crippen molar-refractivity contribution in [1.29, 1.82) is 0 Å². The average molecular weight is 306 g/mol. The molecule has 3 heterocycles. The number of hydrogen-bond acceptors (Lipinski definition) is 5. The van der Waals surface area contributed by atoms with Gasteiger partial charge in [0.2, 0.25) is 5.91 Å². The van der Waals surface area contributed by atoms with Crippen molar-refractivity contribution in [3.8, 4) is 0 Å². The van der Waals surface area contributed by atoms with Gasteiger partial charge in [-0.25, -0.2) is 0 Å². The fourth-order valence-corrected chi connectivity index (χ4v) is 3.74. The van der Waals surface area contributed by atoms with Gasteiger partial charge in [-0.1, -0.05) is 12.1 Å². The van der Waals surface area contributed by atoms with Crippen LogP contribution in [0.4, 0.5) is 0 Å². The number of piperazine rings is 1. The first-order valence-corrected chi connectivity index (χ1v) is 8.17. The van der Waals surface area contributed by atoms with Gasteiger partial charge in [0.25, 0.3) is 0 Å². The molecular weight excluding hydrogens is 280 g/mol. The third kappa shape index (κ3) is 3.33. The Balaban J connectivity index is 1.54. The Kier molecular flexibility index (Phi) is 4.49. The lowest BCUT2D eigenvalue weighted by Gasteiger charge is -2.39. The molecule has 2 aliphatic rings. The van der Waals surface area contributed by atoms with Crippen LogP contribution in [0.2, 0.25) is 0 Å². The molecule has 2 fully saturated rings. The molecular formula is C16H26N4O2. The highest BCUT2D eigenvalue weighted by Gasteiger charge is 2.35. The van der Waals surface area contributed by atoms with Crippen molar-refractivity contribution in [3.63, 3.8) is 0 Å². The van der Waals surface area contributed by atoms with E-state index in [1.165, 1.54) is 0 Å². The lowest BCUT2D eigenvalue weighted by molar-refractivity contribution is -0.130. The summed E-state index contributed by atoms with van der Waals surface area (Å²) in [6.07, 6.45) is 0. The molecule has 22 heavy (non-hydrogen) atoms. The lowest BCUT2D eigenvalue weighted by Crippen LogP contribution is -2.53. The van der Waals surface area contributed by atoms with E-state index in [4.69, 9.17) is 4.52 Å². The predicted octanol–water partition coefficient (Wildman–Crippen LogP) is 0.967. The zero-order chi connectivity index (χ0) is 15.7. The molecule has 3 rings (SSSR count). The van der Waals surface area contributed by atoms with Gasteiger partial charge in [0.1, 0.15) is 5.76 Å². The van der Waals surface area contributed by atoms with Crippen LogP contribution in [-0.4, -0.2) is 71.1 Å². The van der Waals surface area contributed by atoms with Crippen molar-refractivity contribution in [2.24, 2.45) is 5.92 Å². The number of amides is 1. The van der Waals surface area contributed by atoms with E-state index in [1.54, 1.807) is 6.92 Å². The summed E-state index contributed by atoms with van der Waals surface area (Å²) in [7, 11) is 0. The third-order valence-electron chi connectivity index (χ3n) is 4.94. The summed E-state index contributed by atoms with van der Waals surface area (Å²) in [6.45, 7) is 12.7. The van der Waals surface area contributed by atoms with Crippen LogP contribution in [0, 0.1) is 12.8 Å². The summed E-state index contributed by atoms with van der Waals surface area (Å²) < 4.78 is 5.15. The summed E-state index contributed by atoms with van der Waals surface area (Å²) in [6, 6.07) is 2.60. The number of likely N-dealkylation sites (tertiary alicyclic amines) is 1. The molecule has 0 N–H and O–H groups in total. The molecule has 0 aromatic carbocycles. The average Bonchev–Trinajstić information content (AvgIpc) is 3.05. The molecule has 2 saturated heterocycles. The van der Waals surface area contributed by atoms with E-state index in [1.807, 2.05) is 17.9 Å². The Labute approximate surface area is 132 Å². The standard InChI is InChI=1S/C16H26N4O2/c1-12-9-18(10-15-8-13(2)22-17-15)11-16(12)20-6-4-19(5-7-20)14(3)21/h8,12,16H,4-7,9-11H2,1-3H3. The Bertz CT molecular complexity index is 522. The van der Waals surface area contributed by atoms with Gasteiger partial charge < -0.3 is 9.42 Å². The van der Waals surface area contributed by atoms with Gasteiger partial charge in [-0.15, -0.1) is 0 Å². The van der Waals surface area contributed by atoms with Gasteiger partial charge in [0.15, 0.2) is 0 Å². The number of carbonyl (C=O) groups is 1. The SMILES string of the molecule is CC(=O)N1CCN(C2CN(Cc3cc(C)on3)CC2C)CC1. The largest absolute Gasteiger partial charge is 0.361 e. The van der Waals surface area contributed by atoms with Crippen molar-refractivity contribution < 1.29 is 9.32 Å². The second-order valence-electron chi connectivity index (χ2n) is 6.71. The molecule has 6 heteroatoms. The zero-order valence-electron chi connectivity index (χ0n) is 13.8. The fourth-order valence-electron chi connectivity index (χ4n) is 3.74. The lowest BCUT2D eigenvalue weighted by atomic mass is 10.0. The molecule has 2 aliphatic heterocycles. The molecule has 2 unspecified atom stereocenters. The summed E-state index contributed by atoms with van der Waals surface area (Å²) in [5.74, 6) is 1.72. The van der Waals surface area contributed by atoms with Crippen molar-refractivity contribution >= 4 is 5.91 Å². The van der Waals surface area contributed by atoms with Gasteiger partial charge in [-0.3, -0.25) is 14.6 Å². The molecule has 1 aromatic rings. The minimum Gasteiger partial charge on any atom is -0.361 e. The molecule has 1 amide bonds. The number of rotatable bonds is 3. The van der Waals surface area contributed by atoms with Crippen LogP contribution < -0.4 is 0 Å². The Morgan fingerprint density at radius 3 is 2.64 bits per heavy atom. The van der Waals surface area contributed by atoms with Crippen LogP contribution >= 0.6 is 0 Å². The summed E-state index contributed by atoms with van der Waals surface area (Å²) in [5.41, 5.74) is 1.02. The van der Waals surface area contributed by atoms with Crippen molar-refractivity contribution in [2.45, 2.75) is 33.4 Å². The minimum atomic E-state index is 0.196. The van der Waals surface area contributed by atoms with Gasteiger partial charge in [0, 0.05) is 64.8 Å². The van der Waals surface area contributed by atoms with Crippen LogP contribution in [0.5, 0.6) is 0 Å². The van der Waals surface area contributed by atoms with E-state index < -0.39 is 0 Å². The molecule has 0 saturated carbocycles. The zero-order valence-corrected chi connectivity index (χ0v) is 13.8. The van der Waals surface area contributed by atoms with E-state index in [-0.39, 0.29) is 5.91 Å². The quantitative estimate of drug-likeness (QED) is 0.833. The van der Waals surface area contributed by atoms with E-state index in [0.29, 0.717) is 12.0 Å². The highest BCUT2D eigenvalue weighted by Crippen LogP contribution is 2.24. The normalized spacial score (nSPS) is 27.5.